The van der Waals surface area contributed by atoms with E-state index in [0.717, 1.165) is 24.4 Å². The number of nitrogens with zero attached hydrogens (tertiary/aromatic N) is 1. The fraction of sp³-hybridized carbons (Fsp3) is 0.278. The van der Waals surface area contributed by atoms with Gasteiger partial charge in [0.1, 0.15) is 12.4 Å². The third-order valence-corrected chi connectivity index (χ3v) is 4.19. The molecular weight excluding hydrogens is 347 g/mol. The maximum absolute atomic E-state index is 12.5. The van der Waals surface area contributed by atoms with Crippen LogP contribution in [0, 0.1) is 0 Å². The average molecular weight is 367 g/mol. The van der Waals surface area contributed by atoms with E-state index in [1.54, 1.807) is 24.1 Å². The topological polar surface area (TPSA) is 41.6 Å². The molecule has 0 unspecified atom stereocenters. The molecule has 4 nitrogen and oxygen atoms in total. The van der Waals surface area contributed by atoms with Crippen LogP contribution in [0.15, 0.2) is 42.5 Å². The van der Waals surface area contributed by atoms with Crippen LogP contribution in [0.3, 0.4) is 0 Å². The summed E-state index contributed by atoms with van der Waals surface area (Å²) in [5.74, 6) is 0.762. The maximum Gasteiger partial charge on any atom is 0.253 e. The Balaban J connectivity index is 0.00000208. The molecule has 0 saturated heterocycles. The summed E-state index contributed by atoms with van der Waals surface area (Å²) >= 11 is 5.83. The molecule has 0 aromatic heterocycles. The van der Waals surface area contributed by atoms with Crippen LogP contribution in [-0.2, 0) is 13.1 Å². The molecule has 128 valence electrons. The van der Waals surface area contributed by atoms with Crippen LogP contribution in [0.4, 0.5) is 0 Å². The van der Waals surface area contributed by atoms with Crippen molar-refractivity contribution >= 4 is 29.9 Å². The molecule has 1 aliphatic rings. The van der Waals surface area contributed by atoms with E-state index in [1.165, 1.54) is 11.1 Å². The van der Waals surface area contributed by atoms with E-state index in [-0.39, 0.29) is 18.3 Å². The molecule has 0 radical (unpaired) electrons. The number of hydrogen-bond donors (Lipinski definition) is 1. The number of amides is 1. The molecule has 1 amide bonds. The first-order chi connectivity index (χ1) is 11.1. The van der Waals surface area contributed by atoms with Crippen molar-refractivity contribution < 1.29 is 9.53 Å². The first kappa shape index (κ1) is 18.6. The normalized spacial score (nSPS) is 12.2. The Labute approximate surface area is 153 Å². The number of likely N-dealkylation sites (N-methyl/N-ethyl adjacent to an activating group) is 1. The first-order valence-corrected chi connectivity index (χ1v) is 7.97. The van der Waals surface area contributed by atoms with Crippen LogP contribution in [0.2, 0.25) is 5.02 Å². The minimum absolute atomic E-state index is 0. The second-order valence-corrected chi connectivity index (χ2v) is 6.05. The zero-order chi connectivity index (χ0) is 16.2. The number of ether oxygens (including phenoxy) is 1. The van der Waals surface area contributed by atoms with Crippen LogP contribution in [0.5, 0.6) is 5.75 Å². The molecule has 0 fully saturated rings. The van der Waals surface area contributed by atoms with Gasteiger partial charge in [-0.25, -0.2) is 0 Å². The third-order valence-electron chi connectivity index (χ3n) is 3.94. The van der Waals surface area contributed by atoms with Crippen LogP contribution in [0.25, 0.3) is 0 Å². The number of nitrogens with one attached hydrogen (secondary N) is 1. The van der Waals surface area contributed by atoms with Crippen LogP contribution < -0.4 is 10.1 Å². The quantitative estimate of drug-likeness (QED) is 0.879. The molecule has 2 aromatic rings. The summed E-state index contributed by atoms with van der Waals surface area (Å²) in [5.41, 5.74) is 3.21. The molecule has 1 aliphatic heterocycles. The lowest BCUT2D eigenvalue weighted by atomic mass is 10.1. The molecule has 1 heterocycles. The highest BCUT2D eigenvalue weighted by molar-refractivity contribution is 6.30. The van der Waals surface area contributed by atoms with Gasteiger partial charge < -0.3 is 15.0 Å². The van der Waals surface area contributed by atoms with Gasteiger partial charge in [0.25, 0.3) is 5.91 Å². The summed E-state index contributed by atoms with van der Waals surface area (Å²) < 4.78 is 5.63. The van der Waals surface area contributed by atoms with Crippen molar-refractivity contribution in [2.24, 2.45) is 0 Å². The Bertz CT molecular complexity index is 705. The van der Waals surface area contributed by atoms with E-state index in [9.17, 15) is 4.79 Å². The van der Waals surface area contributed by atoms with Gasteiger partial charge in [0, 0.05) is 30.7 Å². The van der Waals surface area contributed by atoms with Gasteiger partial charge in [-0.15, -0.1) is 12.4 Å². The molecule has 0 atom stereocenters. The average Bonchev–Trinajstić information content (AvgIpc) is 3.03. The van der Waals surface area contributed by atoms with Gasteiger partial charge in [0.15, 0.2) is 0 Å². The molecule has 0 aliphatic carbocycles. The van der Waals surface area contributed by atoms with Gasteiger partial charge in [-0.2, -0.15) is 0 Å². The summed E-state index contributed by atoms with van der Waals surface area (Å²) in [5, 5.41) is 3.96. The van der Waals surface area contributed by atoms with E-state index >= 15 is 0 Å². The van der Waals surface area contributed by atoms with Crippen LogP contribution >= 0.6 is 24.0 Å². The molecular formula is C18H20Cl2N2O2. The van der Waals surface area contributed by atoms with E-state index < -0.39 is 0 Å². The predicted octanol–water partition coefficient (Wildman–Crippen LogP) is 3.52. The lowest BCUT2D eigenvalue weighted by Crippen LogP contribution is -2.30. The summed E-state index contributed by atoms with van der Waals surface area (Å²) in [4.78, 5) is 14.1. The summed E-state index contributed by atoms with van der Waals surface area (Å²) in [6.45, 7) is 2.68. The monoisotopic (exact) mass is 366 g/mol. The number of benzene rings is 2. The van der Waals surface area contributed by atoms with Gasteiger partial charge >= 0.3 is 0 Å². The Morgan fingerprint density at radius 1 is 1.17 bits per heavy atom. The van der Waals surface area contributed by atoms with Crippen LogP contribution in [-0.4, -0.2) is 31.0 Å². The largest absolute Gasteiger partial charge is 0.492 e. The van der Waals surface area contributed by atoms with E-state index in [4.69, 9.17) is 16.3 Å². The summed E-state index contributed by atoms with van der Waals surface area (Å²) in [6, 6.07) is 13.1. The molecule has 6 heteroatoms. The molecule has 0 spiro atoms. The van der Waals surface area contributed by atoms with Gasteiger partial charge in [-0.05, 0) is 47.5 Å². The second kappa shape index (κ2) is 8.38. The standard InChI is InChI=1S/C18H19ClN2O2.ClH/c1-21(8-9-23-17-6-4-16(19)5-7-17)18(22)13-2-3-14-11-20-12-15(14)10-13;/h2-7,10,20H,8-9,11-12H2,1H3;1H. The molecule has 24 heavy (non-hydrogen) atoms. The van der Waals surface area contributed by atoms with Gasteiger partial charge in [-0.3, -0.25) is 4.79 Å². The minimum Gasteiger partial charge on any atom is -0.492 e. The Morgan fingerprint density at radius 2 is 1.88 bits per heavy atom. The minimum atomic E-state index is 0. The van der Waals surface area contributed by atoms with Gasteiger partial charge in [0.2, 0.25) is 0 Å². The van der Waals surface area contributed by atoms with E-state index in [2.05, 4.69) is 5.32 Å². The number of halogens is 2. The second-order valence-electron chi connectivity index (χ2n) is 5.62. The van der Waals surface area contributed by atoms with Gasteiger partial charge in [0.05, 0.1) is 6.54 Å². The highest BCUT2D eigenvalue weighted by atomic mass is 35.5. The number of carbonyl (C=O) groups excluding carboxylic acids is 1. The van der Waals surface area contributed by atoms with Crippen molar-refractivity contribution in [3.05, 3.63) is 64.2 Å². The fourth-order valence-corrected chi connectivity index (χ4v) is 2.71. The zero-order valence-corrected chi connectivity index (χ0v) is 15.0. The Kier molecular flexibility index (Phi) is 6.49. The highest BCUT2D eigenvalue weighted by Gasteiger charge is 2.16. The molecule has 0 bridgehead atoms. The lowest BCUT2D eigenvalue weighted by Gasteiger charge is -2.18. The highest BCUT2D eigenvalue weighted by Crippen LogP contribution is 2.18. The maximum atomic E-state index is 12.5. The van der Waals surface area contributed by atoms with Crippen molar-refractivity contribution in [3.8, 4) is 5.75 Å². The van der Waals surface area contributed by atoms with Crippen molar-refractivity contribution in [2.45, 2.75) is 13.1 Å². The van der Waals surface area contributed by atoms with Crippen molar-refractivity contribution in [1.82, 2.24) is 10.2 Å². The van der Waals surface area contributed by atoms with E-state index in [0.29, 0.717) is 18.2 Å². The number of carbonyl (C=O) groups is 1. The summed E-state index contributed by atoms with van der Waals surface area (Å²) in [7, 11) is 1.79. The number of hydrogen-bond acceptors (Lipinski definition) is 3. The van der Waals surface area contributed by atoms with Crippen molar-refractivity contribution in [2.75, 3.05) is 20.2 Å². The zero-order valence-electron chi connectivity index (χ0n) is 13.4. The molecule has 0 saturated carbocycles. The van der Waals surface area contributed by atoms with Gasteiger partial charge in [-0.1, -0.05) is 17.7 Å². The smallest absolute Gasteiger partial charge is 0.253 e. The SMILES string of the molecule is CN(CCOc1ccc(Cl)cc1)C(=O)c1ccc2c(c1)CNC2.Cl. The molecule has 1 N–H and O–H groups in total. The van der Waals surface area contributed by atoms with Crippen LogP contribution in [0.1, 0.15) is 21.5 Å². The fourth-order valence-electron chi connectivity index (χ4n) is 2.58. The Hall–Kier alpha value is -1.75. The van der Waals surface area contributed by atoms with Crippen molar-refractivity contribution in [3.63, 3.8) is 0 Å². The van der Waals surface area contributed by atoms with Crippen molar-refractivity contribution in [1.29, 1.82) is 0 Å². The number of rotatable bonds is 5. The van der Waals surface area contributed by atoms with E-state index in [1.807, 2.05) is 30.3 Å². The molecule has 3 rings (SSSR count). The third kappa shape index (κ3) is 4.41. The summed E-state index contributed by atoms with van der Waals surface area (Å²) in [6.07, 6.45) is 0. The Morgan fingerprint density at radius 3 is 2.62 bits per heavy atom. The molecule has 2 aromatic carbocycles. The predicted molar refractivity (Wildman–Crippen MR) is 98.1 cm³/mol. The lowest BCUT2D eigenvalue weighted by molar-refractivity contribution is 0.0773. The number of fused-ring (bicyclic) bond motifs is 1. The first-order valence-electron chi connectivity index (χ1n) is 7.60.